The predicted octanol–water partition coefficient (Wildman–Crippen LogP) is 2.61. The number of benzene rings is 2. The minimum absolute atomic E-state index is 0.0724. The summed E-state index contributed by atoms with van der Waals surface area (Å²) < 4.78 is 0. The maximum Gasteiger partial charge on any atom is 0.275 e. The fourth-order valence-corrected chi connectivity index (χ4v) is 2.74. The van der Waals surface area contributed by atoms with E-state index in [2.05, 4.69) is 36.3 Å². The van der Waals surface area contributed by atoms with E-state index in [1.165, 1.54) is 11.3 Å². The summed E-state index contributed by atoms with van der Waals surface area (Å²) in [6.07, 6.45) is 0.921. The van der Waals surface area contributed by atoms with Crippen molar-refractivity contribution >= 4 is 23.2 Å². The van der Waals surface area contributed by atoms with Crippen LogP contribution in [0.25, 0.3) is 0 Å². The third-order valence-corrected chi connectivity index (χ3v) is 4.49. The number of quaternary nitrogens is 1. The number of hydrogen-bond acceptors (Lipinski definition) is 2. The van der Waals surface area contributed by atoms with Crippen molar-refractivity contribution in [1.82, 2.24) is 5.32 Å². The SMILES string of the molecule is C[C@H]([NH2+]CC(=O)NCCCN(C)c1ccccc1)c1ccc(Cl)cc1. The number of rotatable bonds is 9. The number of nitrogens with zero attached hydrogens (tertiary/aromatic N) is 1. The quantitative estimate of drug-likeness (QED) is 0.675. The third kappa shape index (κ3) is 6.77. The van der Waals surface area contributed by atoms with Crippen LogP contribution in [0.1, 0.15) is 24.9 Å². The average Bonchev–Trinajstić information content (AvgIpc) is 2.64. The van der Waals surface area contributed by atoms with Gasteiger partial charge in [-0.15, -0.1) is 0 Å². The van der Waals surface area contributed by atoms with Gasteiger partial charge in [0.2, 0.25) is 0 Å². The second-order valence-corrected chi connectivity index (χ2v) is 6.68. The summed E-state index contributed by atoms with van der Waals surface area (Å²) in [7, 11) is 2.07. The highest BCUT2D eigenvalue weighted by molar-refractivity contribution is 6.30. The van der Waals surface area contributed by atoms with Crippen LogP contribution in [0.3, 0.4) is 0 Å². The average molecular weight is 361 g/mol. The molecule has 0 fully saturated rings. The highest BCUT2D eigenvalue weighted by atomic mass is 35.5. The van der Waals surface area contributed by atoms with E-state index in [9.17, 15) is 4.79 Å². The zero-order chi connectivity index (χ0) is 18.1. The maximum atomic E-state index is 12.0. The van der Waals surface area contributed by atoms with Crippen molar-refractivity contribution < 1.29 is 10.1 Å². The molecule has 1 atom stereocenters. The monoisotopic (exact) mass is 360 g/mol. The first-order chi connectivity index (χ1) is 12.1. The van der Waals surface area contributed by atoms with Gasteiger partial charge in [0.1, 0.15) is 6.04 Å². The van der Waals surface area contributed by atoms with Gasteiger partial charge in [0.25, 0.3) is 5.91 Å². The standard InChI is InChI=1S/C20H26ClN3O/c1-16(17-9-11-18(21)12-10-17)23-15-20(25)22-13-6-14-24(2)19-7-4-3-5-8-19/h3-5,7-12,16,23H,6,13-15H2,1-2H3,(H,22,25)/p+1/t16-/m0/s1. The lowest BCUT2D eigenvalue weighted by atomic mass is 10.1. The normalized spacial score (nSPS) is 11.8. The second-order valence-electron chi connectivity index (χ2n) is 6.24. The predicted molar refractivity (Wildman–Crippen MR) is 104 cm³/mol. The Morgan fingerprint density at radius 2 is 1.84 bits per heavy atom. The molecule has 3 N–H and O–H groups in total. The molecule has 2 rings (SSSR count). The lowest BCUT2D eigenvalue weighted by Crippen LogP contribution is -2.87. The Hall–Kier alpha value is -2.04. The number of halogens is 1. The summed E-state index contributed by atoms with van der Waals surface area (Å²) in [6.45, 7) is 4.12. The van der Waals surface area contributed by atoms with Gasteiger partial charge in [-0.1, -0.05) is 41.9 Å². The number of nitrogens with two attached hydrogens (primary N) is 1. The number of amides is 1. The summed E-state index contributed by atoms with van der Waals surface area (Å²) in [5.74, 6) is 0.0724. The molecular weight excluding hydrogens is 334 g/mol. The molecule has 0 aliphatic heterocycles. The Balaban J connectivity index is 1.61. The van der Waals surface area contributed by atoms with Crippen LogP contribution in [0.4, 0.5) is 5.69 Å². The molecule has 0 bridgehead atoms. The maximum absolute atomic E-state index is 12.0. The molecule has 0 aliphatic rings. The van der Waals surface area contributed by atoms with E-state index >= 15 is 0 Å². The molecule has 0 aliphatic carbocycles. The number of hydrogen-bond donors (Lipinski definition) is 2. The first-order valence-corrected chi connectivity index (χ1v) is 9.05. The molecule has 1 amide bonds. The van der Waals surface area contributed by atoms with E-state index in [1.807, 2.05) is 47.8 Å². The molecule has 0 saturated heterocycles. The summed E-state index contributed by atoms with van der Waals surface area (Å²) in [5.41, 5.74) is 2.36. The minimum Gasteiger partial charge on any atom is -0.375 e. The number of anilines is 1. The Kier molecular flexibility index (Phi) is 7.76. The summed E-state index contributed by atoms with van der Waals surface area (Å²) in [4.78, 5) is 14.2. The summed E-state index contributed by atoms with van der Waals surface area (Å²) in [6, 6.07) is 18.2. The van der Waals surface area contributed by atoms with Crippen LogP contribution in [-0.2, 0) is 4.79 Å². The fraction of sp³-hybridized carbons (Fsp3) is 0.350. The van der Waals surface area contributed by atoms with Crippen molar-refractivity contribution in [3.05, 3.63) is 65.2 Å². The molecule has 0 unspecified atom stereocenters. The molecule has 0 heterocycles. The zero-order valence-corrected chi connectivity index (χ0v) is 15.7. The molecule has 0 spiro atoms. The summed E-state index contributed by atoms with van der Waals surface area (Å²) in [5, 5.41) is 5.75. The van der Waals surface area contributed by atoms with Crippen molar-refractivity contribution in [2.45, 2.75) is 19.4 Å². The van der Waals surface area contributed by atoms with Gasteiger partial charge in [-0.3, -0.25) is 4.79 Å². The van der Waals surface area contributed by atoms with Crippen molar-refractivity contribution in [3.63, 3.8) is 0 Å². The van der Waals surface area contributed by atoms with Gasteiger partial charge in [0, 0.05) is 36.4 Å². The Labute approximate surface area is 155 Å². The van der Waals surface area contributed by atoms with E-state index in [0.717, 1.165) is 18.0 Å². The van der Waals surface area contributed by atoms with E-state index < -0.39 is 0 Å². The Bertz CT molecular complexity index is 646. The third-order valence-electron chi connectivity index (χ3n) is 4.24. The van der Waals surface area contributed by atoms with Gasteiger partial charge in [-0.2, -0.15) is 0 Å². The molecule has 2 aromatic carbocycles. The summed E-state index contributed by atoms with van der Waals surface area (Å²) >= 11 is 5.90. The van der Waals surface area contributed by atoms with Crippen molar-refractivity contribution in [1.29, 1.82) is 0 Å². The van der Waals surface area contributed by atoms with Gasteiger partial charge < -0.3 is 15.5 Å². The minimum atomic E-state index is 0.0724. The second kappa shape index (κ2) is 10.1. The van der Waals surface area contributed by atoms with Gasteiger partial charge in [0.15, 0.2) is 6.54 Å². The Morgan fingerprint density at radius 3 is 2.52 bits per heavy atom. The van der Waals surface area contributed by atoms with Crippen LogP contribution in [0.15, 0.2) is 54.6 Å². The molecule has 0 radical (unpaired) electrons. The number of nitrogens with one attached hydrogen (secondary N) is 1. The molecule has 0 aromatic heterocycles. The number of carbonyl (C=O) groups is 1. The van der Waals surface area contributed by atoms with Gasteiger partial charge in [-0.25, -0.2) is 0 Å². The molecule has 134 valence electrons. The fourth-order valence-electron chi connectivity index (χ4n) is 2.61. The molecule has 4 nitrogen and oxygen atoms in total. The lowest BCUT2D eigenvalue weighted by Gasteiger charge is -2.19. The zero-order valence-electron chi connectivity index (χ0n) is 14.9. The molecule has 25 heavy (non-hydrogen) atoms. The van der Waals surface area contributed by atoms with E-state index in [0.29, 0.717) is 13.1 Å². The first kappa shape index (κ1) is 19.3. The van der Waals surface area contributed by atoms with E-state index in [1.54, 1.807) is 0 Å². The largest absolute Gasteiger partial charge is 0.375 e. The van der Waals surface area contributed by atoms with Crippen LogP contribution >= 0.6 is 11.6 Å². The van der Waals surface area contributed by atoms with Gasteiger partial charge >= 0.3 is 0 Å². The van der Waals surface area contributed by atoms with Crippen molar-refractivity contribution in [2.75, 3.05) is 31.6 Å². The highest BCUT2D eigenvalue weighted by Crippen LogP contribution is 2.13. The molecule has 5 heteroatoms. The smallest absolute Gasteiger partial charge is 0.275 e. The Morgan fingerprint density at radius 1 is 1.16 bits per heavy atom. The van der Waals surface area contributed by atoms with Crippen LogP contribution in [0.2, 0.25) is 5.02 Å². The lowest BCUT2D eigenvalue weighted by molar-refractivity contribution is -0.682. The highest BCUT2D eigenvalue weighted by Gasteiger charge is 2.11. The van der Waals surface area contributed by atoms with Crippen molar-refractivity contribution in [2.24, 2.45) is 0 Å². The van der Waals surface area contributed by atoms with Gasteiger partial charge in [-0.05, 0) is 37.6 Å². The number of carbonyl (C=O) groups excluding carboxylic acids is 1. The van der Waals surface area contributed by atoms with Crippen LogP contribution in [0, 0.1) is 0 Å². The van der Waals surface area contributed by atoms with Crippen LogP contribution < -0.4 is 15.5 Å². The molecule has 2 aromatic rings. The number of para-hydroxylation sites is 1. The van der Waals surface area contributed by atoms with E-state index in [-0.39, 0.29) is 11.9 Å². The topological polar surface area (TPSA) is 49.0 Å². The first-order valence-electron chi connectivity index (χ1n) is 8.68. The van der Waals surface area contributed by atoms with Crippen molar-refractivity contribution in [3.8, 4) is 0 Å². The van der Waals surface area contributed by atoms with E-state index in [4.69, 9.17) is 11.6 Å². The van der Waals surface area contributed by atoms with Crippen LogP contribution in [0.5, 0.6) is 0 Å². The molecular formula is C20H27ClN3O+. The van der Waals surface area contributed by atoms with Crippen LogP contribution in [-0.4, -0.2) is 32.6 Å². The van der Waals surface area contributed by atoms with Gasteiger partial charge in [0.05, 0.1) is 0 Å². The molecule has 0 saturated carbocycles.